The van der Waals surface area contributed by atoms with Gasteiger partial charge in [0.1, 0.15) is 0 Å². The summed E-state index contributed by atoms with van der Waals surface area (Å²) in [5.41, 5.74) is 0. The summed E-state index contributed by atoms with van der Waals surface area (Å²) in [5.74, 6) is -0.327. The lowest BCUT2D eigenvalue weighted by Gasteiger charge is -2.18. The molecule has 5 heteroatoms. The molecule has 98 valence electrons. The molecule has 0 bridgehead atoms. The number of nitrogens with one attached hydrogen (secondary N) is 1. The van der Waals surface area contributed by atoms with Crippen LogP contribution in [0.4, 0.5) is 0 Å². The summed E-state index contributed by atoms with van der Waals surface area (Å²) >= 11 is 0. The third-order valence-corrected chi connectivity index (χ3v) is 4.76. The van der Waals surface area contributed by atoms with E-state index < -0.39 is 14.6 Å². The predicted molar refractivity (Wildman–Crippen MR) is 70.5 cm³/mol. The molecule has 0 spiro atoms. The van der Waals surface area contributed by atoms with Crippen molar-refractivity contribution >= 4 is 15.7 Å². The topological polar surface area (TPSA) is 63.2 Å². The van der Waals surface area contributed by atoms with Crippen molar-refractivity contribution in [1.82, 2.24) is 5.32 Å². The zero-order chi connectivity index (χ0) is 13.5. The Balaban J connectivity index is 4.14. The molecule has 1 N–H and O–H groups in total. The quantitative estimate of drug-likeness (QED) is 0.600. The Bertz CT molecular complexity index is 400. The highest BCUT2D eigenvalue weighted by Gasteiger charge is 2.28. The van der Waals surface area contributed by atoms with Crippen molar-refractivity contribution in [2.75, 3.05) is 12.3 Å². The number of sulfone groups is 1. The minimum atomic E-state index is -3.17. The Morgan fingerprint density at radius 1 is 1.24 bits per heavy atom. The van der Waals surface area contributed by atoms with Gasteiger partial charge in [0, 0.05) is 12.6 Å². The Labute approximate surface area is 104 Å². The third kappa shape index (κ3) is 6.26. The summed E-state index contributed by atoms with van der Waals surface area (Å²) < 4.78 is 22.6. The first-order valence-corrected chi connectivity index (χ1v) is 7.15. The van der Waals surface area contributed by atoms with E-state index in [1.807, 2.05) is 6.92 Å². The maximum Gasteiger partial charge on any atom is 0.244 e. The van der Waals surface area contributed by atoms with Gasteiger partial charge in [0.05, 0.1) is 10.5 Å². The first-order chi connectivity index (χ1) is 7.70. The van der Waals surface area contributed by atoms with Crippen LogP contribution in [0.5, 0.6) is 0 Å². The van der Waals surface area contributed by atoms with Crippen LogP contribution in [-0.4, -0.2) is 31.4 Å². The summed E-state index contributed by atoms with van der Waals surface area (Å²) in [6.07, 6.45) is 6.50. The Morgan fingerprint density at radius 2 is 1.82 bits per heavy atom. The summed E-state index contributed by atoms with van der Waals surface area (Å²) in [4.78, 5) is 11.2. The van der Waals surface area contributed by atoms with Crippen LogP contribution in [0, 0.1) is 0 Å². The molecule has 0 aromatic carbocycles. The highest BCUT2D eigenvalue weighted by atomic mass is 32.2. The molecule has 0 saturated heterocycles. The molecule has 0 radical (unpaired) electrons. The number of carbonyl (C=O) groups is 1. The minimum Gasteiger partial charge on any atom is -0.352 e. The van der Waals surface area contributed by atoms with Gasteiger partial charge >= 0.3 is 0 Å². The SMILES string of the molecule is C/C=C/C=C/C(=O)NCCS(=O)(=O)C(C)(C)C. The minimum absolute atomic E-state index is 0.0420. The first kappa shape index (κ1) is 15.9. The van der Waals surface area contributed by atoms with Crippen LogP contribution in [0.2, 0.25) is 0 Å². The lowest BCUT2D eigenvalue weighted by molar-refractivity contribution is -0.116. The van der Waals surface area contributed by atoms with E-state index in [9.17, 15) is 13.2 Å². The van der Waals surface area contributed by atoms with E-state index in [1.165, 1.54) is 6.08 Å². The number of allylic oxidation sites excluding steroid dienone is 3. The molecule has 0 aliphatic carbocycles. The Hall–Kier alpha value is -1.10. The molecule has 1 amide bonds. The summed E-state index contributed by atoms with van der Waals surface area (Å²) in [6, 6.07) is 0. The van der Waals surface area contributed by atoms with Gasteiger partial charge in [0.25, 0.3) is 0 Å². The Kier molecular flexibility index (Phi) is 6.16. The fraction of sp³-hybridized carbons (Fsp3) is 0.583. The number of hydrogen-bond acceptors (Lipinski definition) is 3. The van der Waals surface area contributed by atoms with Gasteiger partial charge in [-0.05, 0) is 27.7 Å². The van der Waals surface area contributed by atoms with E-state index in [1.54, 1.807) is 39.0 Å². The second-order valence-corrected chi connectivity index (χ2v) is 7.47. The molecular formula is C12H21NO3S. The average Bonchev–Trinajstić information content (AvgIpc) is 2.16. The first-order valence-electron chi connectivity index (χ1n) is 5.50. The van der Waals surface area contributed by atoms with E-state index >= 15 is 0 Å². The van der Waals surface area contributed by atoms with Gasteiger partial charge < -0.3 is 5.32 Å². The second kappa shape index (κ2) is 6.59. The number of carbonyl (C=O) groups excluding carboxylic acids is 1. The predicted octanol–water partition coefficient (Wildman–Crippen LogP) is 1.45. The van der Waals surface area contributed by atoms with Crippen LogP contribution >= 0.6 is 0 Å². The van der Waals surface area contributed by atoms with Crippen molar-refractivity contribution in [3.05, 3.63) is 24.3 Å². The normalized spacial score (nSPS) is 13.4. The fourth-order valence-corrected chi connectivity index (χ4v) is 1.91. The molecule has 17 heavy (non-hydrogen) atoms. The fourth-order valence-electron chi connectivity index (χ4n) is 0.928. The lowest BCUT2D eigenvalue weighted by atomic mass is 10.3. The monoisotopic (exact) mass is 259 g/mol. The number of hydrogen-bond donors (Lipinski definition) is 1. The maximum atomic E-state index is 11.7. The zero-order valence-electron chi connectivity index (χ0n) is 10.9. The van der Waals surface area contributed by atoms with Gasteiger partial charge in [-0.3, -0.25) is 4.79 Å². The van der Waals surface area contributed by atoms with E-state index in [0.717, 1.165) is 0 Å². The van der Waals surface area contributed by atoms with Crippen LogP contribution in [0.3, 0.4) is 0 Å². The van der Waals surface area contributed by atoms with Gasteiger partial charge in [-0.15, -0.1) is 0 Å². The molecule has 0 unspecified atom stereocenters. The molecule has 0 heterocycles. The van der Waals surface area contributed by atoms with Crippen molar-refractivity contribution in [3.8, 4) is 0 Å². The molecule has 0 saturated carbocycles. The van der Waals surface area contributed by atoms with Gasteiger partial charge in [0.15, 0.2) is 9.84 Å². The number of amides is 1. The lowest BCUT2D eigenvalue weighted by Crippen LogP contribution is -2.36. The molecule has 0 aliphatic heterocycles. The molecule has 4 nitrogen and oxygen atoms in total. The third-order valence-electron chi connectivity index (χ3n) is 2.15. The van der Waals surface area contributed by atoms with Gasteiger partial charge in [-0.1, -0.05) is 18.2 Å². The Morgan fingerprint density at radius 3 is 2.29 bits per heavy atom. The standard InChI is InChI=1S/C12H21NO3S/c1-5-6-7-8-11(14)13-9-10-17(15,16)12(2,3)4/h5-8H,9-10H2,1-4H3,(H,13,14)/b6-5+,8-7+. The van der Waals surface area contributed by atoms with Gasteiger partial charge in [-0.25, -0.2) is 8.42 Å². The molecule has 0 rings (SSSR count). The van der Waals surface area contributed by atoms with E-state index in [-0.39, 0.29) is 18.2 Å². The maximum absolute atomic E-state index is 11.7. The highest BCUT2D eigenvalue weighted by Crippen LogP contribution is 2.15. The molecular weight excluding hydrogens is 238 g/mol. The van der Waals surface area contributed by atoms with Crippen molar-refractivity contribution in [2.24, 2.45) is 0 Å². The molecule has 0 aromatic heterocycles. The van der Waals surface area contributed by atoms with E-state index in [2.05, 4.69) is 5.32 Å². The van der Waals surface area contributed by atoms with E-state index in [4.69, 9.17) is 0 Å². The number of rotatable bonds is 5. The zero-order valence-corrected chi connectivity index (χ0v) is 11.7. The van der Waals surface area contributed by atoms with Crippen LogP contribution in [0.25, 0.3) is 0 Å². The van der Waals surface area contributed by atoms with Crippen molar-refractivity contribution in [2.45, 2.75) is 32.4 Å². The van der Waals surface area contributed by atoms with Crippen molar-refractivity contribution < 1.29 is 13.2 Å². The van der Waals surface area contributed by atoms with Crippen molar-refractivity contribution in [1.29, 1.82) is 0 Å². The van der Waals surface area contributed by atoms with Crippen LogP contribution in [0.15, 0.2) is 24.3 Å². The average molecular weight is 259 g/mol. The molecule has 0 fully saturated rings. The van der Waals surface area contributed by atoms with Crippen LogP contribution in [-0.2, 0) is 14.6 Å². The van der Waals surface area contributed by atoms with Gasteiger partial charge in [0.2, 0.25) is 5.91 Å². The summed E-state index contributed by atoms with van der Waals surface area (Å²) in [7, 11) is -3.17. The second-order valence-electron chi connectivity index (χ2n) is 4.61. The molecule has 0 atom stereocenters. The van der Waals surface area contributed by atoms with Crippen LogP contribution < -0.4 is 5.32 Å². The molecule has 0 aliphatic rings. The highest BCUT2D eigenvalue weighted by molar-refractivity contribution is 7.92. The smallest absolute Gasteiger partial charge is 0.244 e. The van der Waals surface area contributed by atoms with Crippen LogP contribution in [0.1, 0.15) is 27.7 Å². The largest absolute Gasteiger partial charge is 0.352 e. The van der Waals surface area contributed by atoms with Gasteiger partial charge in [-0.2, -0.15) is 0 Å². The van der Waals surface area contributed by atoms with Crippen molar-refractivity contribution in [3.63, 3.8) is 0 Å². The van der Waals surface area contributed by atoms with E-state index in [0.29, 0.717) is 0 Å². The molecule has 0 aromatic rings. The summed E-state index contributed by atoms with van der Waals surface area (Å²) in [6.45, 7) is 6.93. The summed E-state index contributed by atoms with van der Waals surface area (Å²) in [5, 5.41) is 2.53.